The molecule has 10 heteroatoms. The average Bonchev–Trinajstić information content (AvgIpc) is 3.01. The van der Waals surface area contributed by atoms with Crippen LogP contribution in [-0.4, -0.2) is 63.4 Å². The topological polar surface area (TPSA) is 111 Å². The number of urea groups is 1. The summed E-state index contributed by atoms with van der Waals surface area (Å²) in [5.41, 5.74) is 3.13. The maximum Gasteiger partial charge on any atom is 0.331 e. The zero-order valence-corrected chi connectivity index (χ0v) is 24.4. The van der Waals surface area contributed by atoms with Gasteiger partial charge in [-0.2, -0.15) is 0 Å². The van der Waals surface area contributed by atoms with E-state index in [-0.39, 0.29) is 16.1 Å². The second-order valence-corrected chi connectivity index (χ2v) is 11.7. The van der Waals surface area contributed by atoms with Crippen molar-refractivity contribution >= 4 is 39.0 Å². The van der Waals surface area contributed by atoms with Crippen LogP contribution in [0, 0.1) is 11.8 Å². The van der Waals surface area contributed by atoms with Crippen LogP contribution in [0.1, 0.15) is 21.5 Å². The van der Waals surface area contributed by atoms with Gasteiger partial charge in [0, 0.05) is 43.0 Å². The van der Waals surface area contributed by atoms with E-state index in [2.05, 4.69) is 32.1 Å². The predicted octanol–water partition coefficient (Wildman–Crippen LogP) is 4.73. The molecule has 0 radical (unpaired) electrons. The van der Waals surface area contributed by atoms with Gasteiger partial charge >= 0.3 is 6.03 Å². The first-order valence-electron chi connectivity index (χ1n) is 13.7. The van der Waals surface area contributed by atoms with Crippen molar-refractivity contribution in [1.82, 2.24) is 14.5 Å². The predicted molar refractivity (Wildman–Crippen MR) is 168 cm³/mol. The number of anilines is 3. The molecule has 4 aromatic carbocycles. The molecule has 1 fully saturated rings. The van der Waals surface area contributed by atoms with Gasteiger partial charge < -0.3 is 20.4 Å². The molecule has 3 N–H and O–H groups in total. The number of hydrogen-bond donors (Lipinski definition) is 3. The molecule has 0 aromatic heterocycles. The molecular formula is C33H31N5O4S. The van der Waals surface area contributed by atoms with E-state index in [1.165, 1.54) is 23.1 Å². The average molecular weight is 594 g/mol. The summed E-state index contributed by atoms with van der Waals surface area (Å²) < 4.78 is 28.7. The molecule has 1 aliphatic rings. The molecule has 0 aliphatic carbocycles. The third-order valence-electron chi connectivity index (χ3n) is 6.88. The molecule has 5 rings (SSSR count). The number of carbonyl (C=O) groups excluding carboxylic acids is 2. The summed E-state index contributed by atoms with van der Waals surface area (Å²) in [6.07, 6.45) is 0. The van der Waals surface area contributed by atoms with E-state index in [1.54, 1.807) is 24.3 Å². The Morgan fingerprint density at radius 2 is 1.35 bits per heavy atom. The number of rotatable bonds is 6. The van der Waals surface area contributed by atoms with E-state index >= 15 is 0 Å². The summed E-state index contributed by atoms with van der Waals surface area (Å²) in [5, 5.41) is 6.00. The minimum Gasteiger partial charge on any atom is -0.355 e. The first kappa shape index (κ1) is 29.4. The lowest BCUT2D eigenvalue weighted by molar-refractivity contribution is 0.102. The molecule has 0 spiro atoms. The summed E-state index contributed by atoms with van der Waals surface area (Å²) in [6, 6.07) is 29.4. The number of hydrogen-bond acceptors (Lipinski definition) is 6. The fourth-order valence-electron chi connectivity index (χ4n) is 4.50. The van der Waals surface area contributed by atoms with Gasteiger partial charge in [0.2, 0.25) is 0 Å². The van der Waals surface area contributed by atoms with Crippen molar-refractivity contribution in [3.63, 3.8) is 0 Å². The SMILES string of the molecule is CN1CCN(C(=O)NS(=O)(=O)c2ccccc2NC(=O)c2ccc(C#Cc3ccccc3)cc2Nc2ccccc2)CC1. The number of carbonyl (C=O) groups is 2. The van der Waals surface area contributed by atoms with E-state index in [9.17, 15) is 18.0 Å². The van der Waals surface area contributed by atoms with Gasteiger partial charge in [0.25, 0.3) is 15.9 Å². The van der Waals surface area contributed by atoms with E-state index in [4.69, 9.17) is 0 Å². The number of para-hydroxylation sites is 2. The second kappa shape index (κ2) is 13.2. The number of nitrogens with zero attached hydrogens (tertiary/aromatic N) is 2. The third-order valence-corrected chi connectivity index (χ3v) is 8.26. The fraction of sp³-hybridized carbons (Fsp3) is 0.152. The minimum atomic E-state index is -4.28. The highest BCUT2D eigenvalue weighted by molar-refractivity contribution is 7.90. The first-order valence-corrected chi connectivity index (χ1v) is 15.2. The fourth-order valence-corrected chi connectivity index (χ4v) is 5.64. The van der Waals surface area contributed by atoms with E-state index in [0.717, 1.165) is 11.3 Å². The molecule has 0 atom stereocenters. The van der Waals surface area contributed by atoms with Gasteiger partial charge in [0.05, 0.1) is 16.9 Å². The smallest absolute Gasteiger partial charge is 0.331 e. The summed E-state index contributed by atoms with van der Waals surface area (Å²) in [4.78, 5) is 29.7. The van der Waals surface area contributed by atoms with Gasteiger partial charge in [-0.1, -0.05) is 60.4 Å². The molecule has 1 heterocycles. The Morgan fingerprint density at radius 3 is 2.07 bits per heavy atom. The van der Waals surface area contributed by atoms with E-state index in [1.807, 2.05) is 67.7 Å². The van der Waals surface area contributed by atoms with Gasteiger partial charge in [-0.15, -0.1) is 0 Å². The van der Waals surface area contributed by atoms with Crippen molar-refractivity contribution in [1.29, 1.82) is 0 Å². The summed E-state index contributed by atoms with van der Waals surface area (Å²) in [5.74, 6) is 5.72. The van der Waals surface area contributed by atoms with Crippen molar-refractivity contribution in [3.8, 4) is 11.8 Å². The number of benzene rings is 4. The molecule has 1 saturated heterocycles. The van der Waals surface area contributed by atoms with Gasteiger partial charge in [0.1, 0.15) is 4.90 Å². The summed E-state index contributed by atoms with van der Waals surface area (Å²) >= 11 is 0. The lowest BCUT2D eigenvalue weighted by atomic mass is 10.1. The molecule has 218 valence electrons. The molecule has 1 aliphatic heterocycles. The highest BCUT2D eigenvalue weighted by Gasteiger charge is 2.27. The van der Waals surface area contributed by atoms with Crippen LogP contribution < -0.4 is 15.4 Å². The standard InChI is InChI=1S/C33H31N5O4S/c1-37-20-22-38(23-21-37)33(40)36-43(41,42)31-15-9-8-14-29(31)35-32(39)28-19-18-26(17-16-25-10-4-2-5-11-25)24-30(28)34-27-12-6-3-7-13-27/h2-15,18-19,24,34H,20-23H2,1H3,(H,35,39)(H,36,40). The van der Waals surface area contributed by atoms with Crippen LogP contribution in [0.3, 0.4) is 0 Å². The third kappa shape index (κ3) is 7.60. The normalized spacial score (nSPS) is 13.4. The summed E-state index contributed by atoms with van der Waals surface area (Å²) in [7, 11) is -2.34. The largest absolute Gasteiger partial charge is 0.355 e. The maximum absolute atomic E-state index is 13.6. The van der Waals surface area contributed by atoms with Crippen LogP contribution in [0.4, 0.5) is 21.9 Å². The Morgan fingerprint density at radius 1 is 0.721 bits per heavy atom. The molecule has 4 aromatic rings. The number of piperazine rings is 1. The number of likely N-dealkylation sites (N-methyl/N-ethyl adjacent to an activating group) is 1. The van der Waals surface area contributed by atoms with Crippen molar-refractivity contribution in [2.24, 2.45) is 0 Å². The number of nitrogens with one attached hydrogen (secondary N) is 3. The Bertz CT molecular complexity index is 1780. The van der Waals surface area contributed by atoms with Crippen LogP contribution in [0.2, 0.25) is 0 Å². The highest BCUT2D eigenvalue weighted by atomic mass is 32.2. The van der Waals surface area contributed by atoms with Gasteiger partial charge in [-0.05, 0) is 61.6 Å². The quantitative estimate of drug-likeness (QED) is 0.279. The summed E-state index contributed by atoms with van der Waals surface area (Å²) in [6.45, 7) is 2.13. The zero-order chi connectivity index (χ0) is 30.2. The van der Waals surface area contributed by atoms with Gasteiger partial charge in [-0.3, -0.25) is 4.79 Å². The molecule has 9 nitrogen and oxygen atoms in total. The molecule has 0 bridgehead atoms. The maximum atomic E-state index is 13.6. The molecule has 3 amide bonds. The Hall–Kier alpha value is -5.11. The van der Waals surface area contributed by atoms with Crippen LogP contribution in [0.15, 0.2) is 108 Å². The Labute approximate surface area is 251 Å². The Kier molecular flexibility index (Phi) is 9.05. The van der Waals surface area contributed by atoms with Crippen molar-refractivity contribution in [3.05, 3.63) is 120 Å². The van der Waals surface area contributed by atoms with Gasteiger partial charge in [-0.25, -0.2) is 17.9 Å². The lowest BCUT2D eigenvalue weighted by Crippen LogP contribution is -2.51. The van der Waals surface area contributed by atoms with Crippen LogP contribution in [0.25, 0.3) is 0 Å². The van der Waals surface area contributed by atoms with E-state index < -0.39 is 22.0 Å². The molecule has 0 unspecified atom stereocenters. The first-order chi connectivity index (χ1) is 20.8. The van der Waals surface area contributed by atoms with Crippen LogP contribution in [-0.2, 0) is 10.0 Å². The van der Waals surface area contributed by atoms with Crippen molar-refractivity contribution < 1.29 is 18.0 Å². The molecular weight excluding hydrogens is 562 g/mol. The second-order valence-electron chi connectivity index (χ2n) is 10.0. The van der Waals surface area contributed by atoms with Crippen LogP contribution >= 0.6 is 0 Å². The monoisotopic (exact) mass is 593 g/mol. The number of sulfonamides is 1. The van der Waals surface area contributed by atoms with Crippen molar-refractivity contribution in [2.45, 2.75) is 4.90 Å². The van der Waals surface area contributed by atoms with Crippen molar-refractivity contribution in [2.75, 3.05) is 43.9 Å². The lowest BCUT2D eigenvalue weighted by Gasteiger charge is -2.32. The zero-order valence-electron chi connectivity index (χ0n) is 23.6. The Balaban J connectivity index is 1.40. The highest BCUT2D eigenvalue weighted by Crippen LogP contribution is 2.26. The number of amides is 3. The van der Waals surface area contributed by atoms with Gasteiger partial charge in [0.15, 0.2) is 0 Å². The molecule has 43 heavy (non-hydrogen) atoms. The van der Waals surface area contributed by atoms with E-state index in [0.29, 0.717) is 37.4 Å². The van der Waals surface area contributed by atoms with Crippen LogP contribution in [0.5, 0.6) is 0 Å². The minimum absolute atomic E-state index is 0.0461. The molecule has 0 saturated carbocycles.